The Balaban J connectivity index is 1.79. The van der Waals surface area contributed by atoms with Gasteiger partial charge >= 0.3 is 5.97 Å². The minimum absolute atomic E-state index is 0.0999. The lowest BCUT2D eigenvalue weighted by atomic mass is 9.98. The Morgan fingerprint density at radius 3 is 3.11 bits per heavy atom. The van der Waals surface area contributed by atoms with Crippen LogP contribution in [0.4, 0.5) is 0 Å². The Morgan fingerprint density at radius 2 is 2.33 bits per heavy atom. The van der Waals surface area contributed by atoms with Gasteiger partial charge in [-0.15, -0.1) is 0 Å². The van der Waals surface area contributed by atoms with Crippen LogP contribution in [0.2, 0.25) is 0 Å². The maximum absolute atomic E-state index is 10.9. The fourth-order valence-corrected chi connectivity index (χ4v) is 2.48. The van der Waals surface area contributed by atoms with E-state index >= 15 is 0 Å². The van der Waals surface area contributed by atoms with Gasteiger partial charge in [0.1, 0.15) is 5.75 Å². The number of carboxylic acid groups (broad SMARTS) is 1. The minimum atomic E-state index is -0.729. The van der Waals surface area contributed by atoms with Gasteiger partial charge in [0.2, 0.25) is 0 Å². The van der Waals surface area contributed by atoms with E-state index in [-0.39, 0.29) is 18.8 Å². The van der Waals surface area contributed by atoms with E-state index in [2.05, 4.69) is 5.32 Å². The van der Waals surface area contributed by atoms with Gasteiger partial charge in [-0.25, -0.2) is 0 Å². The third kappa shape index (κ3) is 2.07. The summed E-state index contributed by atoms with van der Waals surface area (Å²) < 4.78 is 10.6. The van der Waals surface area contributed by atoms with Gasteiger partial charge in [-0.2, -0.15) is 0 Å². The van der Waals surface area contributed by atoms with E-state index in [1.54, 1.807) is 0 Å². The van der Waals surface area contributed by atoms with E-state index in [0.717, 1.165) is 16.9 Å². The van der Waals surface area contributed by atoms with Gasteiger partial charge < -0.3 is 19.9 Å². The number of rotatable bonds is 2. The molecule has 2 heterocycles. The Labute approximate surface area is 105 Å². The molecule has 96 valence electrons. The molecule has 18 heavy (non-hydrogen) atoms. The smallest absolute Gasteiger partial charge is 0.307 e. The molecule has 0 saturated carbocycles. The van der Waals surface area contributed by atoms with Crippen LogP contribution in [0.15, 0.2) is 18.2 Å². The number of fused-ring (bicyclic) bond motifs is 1. The predicted molar refractivity (Wildman–Crippen MR) is 63.2 cm³/mol. The van der Waals surface area contributed by atoms with Gasteiger partial charge in [0.25, 0.3) is 0 Å². The molecule has 2 aliphatic heterocycles. The molecule has 5 nitrogen and oxygen atoms in total. The zero-order valence-corrected chi connectivity index (χ0v) is 9.89. The van der Waals surface area contributed by atoms with Gasteiger partial charge in [-0.3, -0.25) is 4.79 Å². The first kappa shape index (κ1) is 11.5. The Kier molecular flexibility index (Phi) is 2.93. The number of aliphatic carboxylic acids is 1. The first-order valence-corrected chi connectivity index (χ1v) is 6.03. The number of carboxylic acids is 1. The average molecular weight is 249 g/mol. The van der Waals surface area contributed by atoms with Crippen molar-refractivity contribution in [2.45, 2.75) is 19.1 Å². The molecule has 1 aromatic rings. The topological polar surface area (TPSA) is 67.8 Å². The summed E-state index contributed by atoms with van der Waals surface area (Å²) in [4.78, 5) is 10.9. The lowest BCUT2D eigenvalue weighted by Gasteiger charge is -2.20. The molecule has 0 bridgehead atoms. The highest BCUT2D eigenvalue weighted by Gasteiger charge is 2.30. The molecular formula is C13H15NO4. The van der Waals surface area contributed by atoms with Crippen LogP contribution in [0.3, 0.4) is 0 Å². The van der Waals surface area contributed by atoms with E-state index in [4.69, 9.17) is 14.6 Å². The standard InChI is InChI=1S/C13H15NO4/c15-13(16)10-3-11(14-5-10)8-1-2-9-6-17-7-18-12(9)4-8/h1-2,4,10-11,14H,3,5-7H2,(H,15,16). The molecule has 1 fully saturated rings. The van der Waals surface area contributed by atoms with Crippen molar-refractivity contribution in [3.05, 3.63) is 29.3 Å². The monoisotopic (exact) mass is 249 g/mol. The SMILES string of the molecule is O=C(O)C1CNC(c2ccc3c(c2)OCOC3)C1. The molecule has 1 saturated heterocycles. The van der Waals surface area contributed by atoms with Crippen molar-refractivity contribution in [1.29, 1.82) is 0 Å². The number of hydrogen-bond acceptors (Lipinski definition) is 4. The van der Waals surface area contributed by atoms with Crippen molar-refractivity contribution in [2.24, 2.45) is 5.92 Å². The molecule has 2 N–H and O–H groups in total. The van der Waals surface area contributed by atoms with Gasteiger partial charge in [-0.05, 0) is 18.1 Å². The van der Waals surface area contributed by atoms with Crippen LogP contribution in [0.1, 0.15) is 23.6 Å². The van der Waals surface area contributed by atoms with Crippen molar-refractivity contribution in [3.8, 4) is 5.75 Å². The summed E-state index contributed by atoms with van der Waals surface area (Å²) in [5.41, 5.74) is 2.12. The number of ether oxygens (including phenoxy) is 2. The van der Waals surface area contributed by atoms with E-state index in [1.807, 2.05) is 18.2 Å². The second kappa shape index (κ2) is 4.59. The van der Waals surface area contributed by atoms with E-state index in [1.165, 1.54) is 0 Å². The van der Waals surface area contributed by atoms with Crippen LogP contribution < -0.4 is 10.1 Å². The third-order valence-corrected chi connectivity index (χ3v) is 3.53. The van der Waals surface area contributed by atoms with Crippen molar-refractivity contribution in [2.75, 3.05) is 13.3 Å². The minimum Gasteiger partial charge on any atom is -0.481 e. The second-order valence-corrected chi connectivity index (χ2v) is 4.71. The van der Waals surface area contributed by atoms with Crippen LogP contribution in [0.5, 0.6) is 5.75 Å². The van der Waals surface area contributed by atoms with Gasteiger partial charge in [0, 0.05) is 18.2 Å². The first-order chi connectivity index (χ1) is 8.74. The highest BCUT2D eigenvalue weighted by Crippen LogP contribution is 2.32. The third-order valence-electron chi connectivity index (χ3n) is 3.53. The molecule has 2 unspecified atom stereocenters. The van der Waals surface area contributed by atoms with Crippen LogP contribution in [0, 0.1) is 5.92 Å². The summed E-state index contributed by atoms with van der Waals surface area (Å²) in [5.74, 6) is -0.179. The van der Waals surface area contributed by atoms with Crippen LogP contribution in [-0.4, -0.2) is 24.4 Å². The summed E-state index contributed by atoms with van der Waals surface area (Å²) in [6.45, 7) is 1.39. The summed E-state index contributed by atoms with van der Waals surface area (Å²) in [6.07, 6.45) is 0.630. The van der Waals surface area contributed by atoms with E-state index in [9.17, 15) is 4.79 Å². The Morgan fingerprint density at radius 1 is 1.44 bits per heavy atom. The summed E-state index contributed by atoms with van der Waals surface area (Å²) in [5, 5.41) is 12.2. The maximum atomic E-state index is 10.9. The van der Waals surface area contributed by atoms with Crippen LogP contribution in [0.25, 0.3) is 0 Å². The van der Waals surface area contributed by atoms with Crippen molar-refractivity contribution >= 4 is 5.97 Å². The fourth-order valence-electron chi connectivity index (χ4n) is 2.48. The summed E-state index contributed by atoms with van der Waals surface area (Å²) >= 11 is 0. The lowest BCUT2D eigenvalue weighted by Crippen LogP contribution is -2.17. The Hall–Kier alpha value is -1.59. The number of benzene rings is 1. The quantitative estimate of drug-likeness (QED) is 0.826. The molecule has 0 aromatic heterocycles. The average Bonchev–Trinajstić information content (AvgIpc) is 2.88. The highest BCUT2D eigenvalue weighted by molar-refractivity contribution is 5.70. The number of carbonyl (C=O) groups is 1. The van der Waals surface area contributed by atoms with Gasteiger partial charge in [0.05, 0.1) is 12.5 Å². The van der Waals surface area contributed by atoms with Crippen LogP contribution in [-0.2, 0) is 16.1 Å². The molecule has 0 radical (unpaired) electrons. The lowest BCUT2D eigenvalue weighted by molar-refractivity contribution is -0.141. The molecular weight excluding hydrogens is 234 g/mol. The van der Waals surface area contributed by atoms with Crippen molar-refractivity contribution in [3.63, 3.8) is 0 Å². The van der Waals surface area contributed by atoms with Gasteiger partial charge in [-0.1, -0.05) is 12.1 Å². The Bertz CT molecular complexity index is 474. The van der Waals surface area contributed by atoms with Gasteiger partial charge in [0.15, 0.2) is 6.79 Å². The van der Waals surface area contributed by atoms with E-state index in [0.29, 0.717) is 19.6 Å². The number of nitrogens with one attached hydrogen (secondary N) is 1. The zero-order valence-electron chi connectivity index (χ0n) is 9.89. The molecule has 3 rings (SSSR count). The largest absolute Gasteiger partial charge is 0.481 e. The maximum Gasteiger partial charge on any atom is 0.307 e. The molecule has 0 amide bonds. The molecule has 1 aromatic carbocycles. The predicted octanol–water partition coefficient (Wildman–Crippen LogP) is 1.29. The molecule has 5 heteroatoms. The molecule has 0 aliphatic carbocycles. The van der Waals surface area contributed by atoms with Crippen LogP contribution >= 0.6 is 0 Å². The van der Waals surface area contributed by atoms with Crippen molar-refractivity contribution in [1.82, 2.24) is 5.32 Å². The first-order valence-electron chi connectivity index (χ1n) is 6.03. The summed E-state index contributed by atoms with van der Waals surface area (Å²) in [6, 6.07) is 6.08. The summed E-state index contributed by atoms with van der Waals surface area (Å²) in [7, 11) is 0. The zero-order chi connectivity index (χ0) is 12.5. The fraction of sp³-hybridized carbons (Fsp3) is 0.462. The number of hydrogen-bond donors (Lipinski definition) is 2. The highest BCUT2D eigenvalue weighted by atomic mass is 16.7. The molecule has 0 spiro atoms. The normalized spacial score (nSPS) is 26.4. The molecule has 2 atom stereocenters. The second-order valence-electron chi connectivity index (χ2n) is 4.71. The molecule has 2 aliphatic rings. The van der Waals surface area contributed by atoms with Crippen molar-refractivity contribution < 1.29 is 19.4 Å². The van der Waals surface area contributed by atoms with E-state index < -0.39 is 5.97 Å².